The van der Waals surface area contributed by atoms with Crippen LogP contribution in [0.1, 0.15) is 18.2 Å². The average Bonchev–Trinajstić information content (AvgIpc) is 2.48. The minimum atomic E-state index is -0.450. The molecule has 0 unspecified atom stereocenters. The Labute approximate surface area is 92.3 Å². The Morgan fingerprint density at radius 1 is 1.71 bits per heavy atom. The molecule has 14 heavy (non-hydrogen) atoms. The van der Waals surface area contributed by atoms with Crippen molar-refractivity contribution in [1.82, 2.24) is 9.88 Å². The van der Waals surface area contributed by atoms with Gasteiger partial charge in [-0.05, 0) is 6.42 Å². The summed E-state index contributed by atoms with van der Waals surface area (Å²) in [5.74, 6) is 0. The quantitative estimate of drug-likeness (QED) is 0.863. The first-order valence-electron chi connectivity index (χ1n) is 4.66. The Morgan fingerprint density at radius 3 is 2.93 bits per heavy atom. The average molecular weight is 233 g/mol. The maximum atomic E-state index is 9.79. The molecule has 5 heteroatoms. The minimum absolute atomic E-state index is 0.450. The van der Waals surface area contributed by atoms with Crippen LogP contribution in [-0.2, 0) is 6.54 Å². The number of β-amino-alcohol motifs (C(OH)–C–C–N with tert-alkyl or cyclic N) is 1. The fourth-order valence-electron chi connectivity index (χ4n) is 1.70. The van der Waals surface area contributed by atoms with E-state index in [-0.39, 0.29) is 0 Å². The van der Waals surface area contributed by atoms with Crippen LogP contribution in [0.2, 0.25) is 4.47 Å². The van der Waals surface area contributed by atoms with Gasteiger partial charge in [0, 0.05) is 30.7 Å². The van der Waals surface area contributed by atoms with Gasteiger partial charge in [0.1, 0.15) is 0 Å². The number of rotatable bonds is 3. The summed E-state index contributed by atoms with van der Waals surface area (Å²) >= 11 is 7.23. The van der Waals surface area contributed by atoms with E-state index in [1.807, 2.05) is 6.92 Å². The minimum Gasteiger partial charge on any atom is -0.387 e. The van der Waals surface area contributed by atoms with Crippen LogP contribution in [0.3, 0.4) is 0 Å². The van der Waals surface area contributed by atoms with E-state index >= 15 is 0 Å². The summed E-state index contributed by atoms with van der Waals surface area (Å²) in [6.07, 6.45) is 2.63. The third-order valence-corrected chi connectivity index (χ3v) is 3.70. The van der Waals surface area contributed by atoms with Gasteiger partial charge in [0.2, 0.25) is 0 Å². The summed E-state index contributed by atoms with van der Waals surface area (Å²) in [5, 5.41) is 9.79. The lowest BCUT2D eigenvalue weighted by Gasteiger charge is -2.45. The first-order valence-corrected chi connectivity index (χ1v) is 5.86. The lowest BCUT2D eigenvalue weighted by atomic mass is 9.91. The van der Waals surface area contributed by atoms with Gasteiger partial charge in [0.05, 0.1) is 5.60 Å². The van der Waals surface area contributed by atoms with Crippen molar-refractivity contribution >= 4 is 22.9 Å². The smallest absolute Gasteiger partial charge is 0.183 e. The molecule has 0 aromatic carbocycles. The Morgan fingerprint density at radius 2 is 2.43 bits per heavy atom. The molecule has 1 N–H and O–H groups in total. The predicted molar refractivity (Wildman–Crippen MR) is 57.6 cm³/mol. The zero-order valence-electron chi connectivity index (χ0n) is 8.03. The molecule has 0 aliphatic carbocycles. The van der Waals surface area contributed by atoms with Crippen LogP contribution < -0.4 is 0 Å². The number of aromatic nitrogens is 1. The number of halogens is 1. The first kappa shape index (κ1) is 10.4. The molecule has 0 atom stereocenters. The lowest BCUT2D eigenvalue weighted by molar-refractivity contribution is -0.103. The highest BCUT2D eigenvalue weighted by Gasteiger charge is 2.39. The van der Waals surface area contributed by atoms with Crippen molar-refractivity contribution in [3.05, 3.63) is 15.5 Å². The maximum absolute atomic E-state index is 9.79. The molecule has 78 valence electrons. The van der Waals surface area contributed by atoms with Crippen molar-refractivity contribution < 1.29 is 5.11 Å². The molecule has 0 amide bonds. The molecule has 1 aromatic heterocycles. The number of nitrogens with zero attached hydrogens (tertiary/aromatic N) is 2. The first-order chi connectivity index (χ1) is 6.61. The Bertz CT molecular complexity index is 322. The molecule has 1 saturated heterocycles. The second-order valence-electron chi connectivity index (χ2n) is 3.80. The fourth-order valence-corrected chi connectivity index (χ4v) is 2.72. The molecule has 2 rings (SSSR count). The van der Waals surface area contributed by atoms with E-state index < -0.39 is 5.60 Å². The van der Waals surface area contributed by atoms with Crippen molar-refractivity contribution in [2.45, 2.75) is 25.5 Å². The molecule has 1 fully saturated rings. The van der Waals surface area contributed by atoms with Gasteiger partial charge >= 0.3 is 0 Å². The van der Waals surface area contributed by atoms with Crippen molar-refractivity contribution in [1.29, 1.82) is 0 Å². The van der Waals surface area contributed by atoms with Gasteiger partial charge in [-0.25, -0.2) is 4.98 Å². The maximum Gasteiger partial charge on any atom is 0.183 e. The van der Waals surface area contributed by atoms with Crippen molar-refractivity contribution in [2.24, 2.45) is 0 Å². The van der Waals surface area contributed by atoms with Crippen LogP contribution in [0.15, 0.2) is 6.20 Å². The van der Waals surface area contributed by atoms with Crippen molar-refractivity contribution in [3.8, 4) is 0 Å². The summed E-state index contributed by atoms with van der Waals surface area (Å²) in [4.78, 5) is 7.34. The molecule has 0 spiro atoms. The van der Waals surface area contributed by atoms with Gasteiger partial charge in [0.15, 0.2) is 4.47 Å². The summed E-state index contributed by atoms with van der Waals surface area (Å²) in [6.45, 7) is 4.39. The Hall–Kier alpha value is -0.160. The van der Waals surface area contributed by atoms with Gasteiger partial charge in [-0.3, -0.25) is 4.90 Å². The molecule has 1 aliphatic rings. The number of hydrogen-bond donors (Lipinski definition) is 1. The summed E-state index contributed by atoms with van der Waals surface area (Å²) in [7, 11) is 0. The van der Waals surface area contributed by atoms with E-state index in [0.29, 0.717) is 4.47 Å². The van der Waals surface area contributed by atoms with Crippen LogP contribution in [0.4, 0.5) is 0 Å². The molecule has 0 saturated carbocycles. The predicted octanol–water partition coefficient (Wildman–Crippen LogP) is 1.75. The van der Waals surface area contributed by atoms with Gasteiger partial charge in [-0.15, -0.1) is 11.3 Å². The van der Waals surface area contributed by atoms with E-state index in [2.05, 4.69) is 9.88 Å². The van der Waals surface area contributed by atoms with E-state index in [4.69, 9.17) is 11.6 Å². The topological polar surface area (TPSA) is 36.4 Å². The van der Waals surface area contributed by atoms with Gasteiger partial charge in [0.25, 0.3) is 0 Å². The molecule has 1 aliphatic heterocycles. The van der Waals surface area contributed by atoms with Gasteiger partial charge in [-0.1, -0.05) is 18.5 Å². The molecular weight excluding hydrogens is 220 g/mol. The standard InChI is InChI=1S/C9H13ClN2OS/c1-2-9(13)5-12(6-9)4-7-3-11-8(10)14-7/h3,13H,2,4-6H2,1H3. The molecule has 1 aromatic rings. The van der Waals surface area contributed by atoms with E-state index in [9.17, 15) is 5.11 Å². The number of likely N-dealkylation sites (tertiary alicyclic amines) is 1. The van der Waals surface area contributed by atoms with Crippen molar-refractivity contribution in [3.63, 3.8) is 0 Å². The van der Waals surface area contributed by atoms with Crippen LogP contribution >= 0.6 is 22.9 Å². The largest absolute Gasteiger partial charge is 0.387 e. The fraction of sp³-hybridized carbons (Fsp3) is 0.667. The molecule has 0 bridgehead atoms. The van der Waals surface area contributed by atoms with Crippen molar-refractivity contribution in [2.75, 3.05) is 13.1 Å². The highest BCUT2D eigenvalue weighted by Crippen LogP contribution is 2.27. The van der Waals surface area contributed by atoms with Crippen LogP contribution in [0, 0.1) is 0 Å². The highest BCUT2D eigenvalue weighted by atomic mass is 35.5. The Balaban J connectivity index is 1.85. The SMILES string of the molecule is CCC1(O)CN(Cc2cnc(Cl)s2)C1. The summed E-state index contributed by atoms with van der Waals surface area (Å²) in [5.41, 5.74) is -0.450. The summed E-state index contributed by atoms with van der Waals surface area (Å²) in [6, 6.07) is 0. The van der Waals surface area contributed by atoms with Gasteiger partial charge in [-0.2, -0.15) is 0 Å². The number of thiazole rings is 1. The third kappa shape index (κ3) is 2.08. The third-order valence-electron chi connectivity index (χ3n) is 2.60. The molecular formula is C9H13ClN2OS. The van der Waals surface area contributed by atoms with Crippen LogP contribution in [0.5, 0.6) is 0 Å². The zero-order chi connectivity index (χ0) is 10.2. The monoisotopic (exact) mass is 232 g/mol. The number of hydrogen-bond acceptors (Lipinski definition) is 4. The second-order valence-corrected chi connectivity index (χ2v) is 5.50. The molecule has 3 nitrogen and oxygen atoms in total. The van der Waals surface area contributed by atoms with Gasteiger partial charge < -0.3 is 5.11 Å². The Kier molecular flexibility index (Phi) is 2.79. The van der Waals surface area contributed by atoms with Crippen LogP contribution in [-0.4, -0.2) is 33.7 Å². The molecule has 2 heterocycles. The zero-order valence-corrected chi connectivity index (χ0v) is 9.61. The highest BCUT2D eigenvalue weighted by molar-refractivity contribution is 7.15. The lowest BCUT2D eigenvalue weighted by Crippen LogP contribution is -2.60. The second kappa shape index (κ2) is 3.77. The number of aliphatic hydroxyl groups is 1. The van der Waals surface area contributed by atoms with E-state index in [1.54, 1.807) is 6.20 Å². The van der Waals surface area contributed by atoms with E-state index in [0.717, 1.165) is 30.9 Å². The van der Waals surface area contributed by atoms with E-state index in [1.165, 1.54) is 11.3 Å². The normalized spacial score (nSPS) is 20.8. The van der Waals surface area contributed by atoms with Crippen LogP contribution in [0.25, 0.3) is 0 Å². The molecule has 0 radical (unpaired) electrons. The summed E-state index contributed by atoms with van der Waals surface area (Å²) < 4.78 is 0.589.